The second kappa shape index (κ2) is 9.40. The standard InChI is InChI=1S/C20H26N4O10/c1-8-4-23(19(30)21-16(8)28)13-3-10(26)12(33-13)7-32-15-14(27)11(6-25)34-18(15)24-5-9(2)17(29)22-20(24)31/h4-5,10-15,18,25-27H,3,6-7H2,1-2H3,(H,21,28,30)(H,22,29,31)/t10?,11-,12-,13-,14?,15+,18-/m1/s1. The summed E-state index contributed by atoms with van der Waals surface area (Å²) in [5.41, 5.74) is -2.05. The number of aromatic nitrogens is 4. The number of H-pyrrole nitrogens is 2. The summed E-state index contributed by atoms with van der Waals surface area (Å²) in [6, 6.07) is 0. The van der Waals surface area contributed by atoms with Crippen LogP contribution in [0.2, 0.25) is 0 Å². The van der Waals surface area contributed by atoms with Gasteiger partial charge in [0.15, 0.2) is 6.23 Å². The molecule has 2 aliphatic rings. The van der Waals surface area contributed by atoms with Crippen molar-refractivity contribution in [2.45, 2.75) is 63.2 Å². The highest BCUT2D eigenvalue weighted by Gasteiger charge is 2.47. The predicted molar refractivity (Wildman–Crippen MR) is 113 cm³/mol. The number of aromatic amines is 2. The maximum Gasteiger partial charge on any atom is 0.330 e. The lowest BCUT2D eigenvalue weighted by atomic mass is 10.1. The molecular weight excluding hydrogens is 456 g/mol. The smallest absolute Gasteiger partial charge is 0.330 e. The van der Waals surface area contributed by atoms with Crippen molar-refractivity contribution in [1.29, 1.82) is 0 Å². The molecule has 0 aromatic carbocycles. The van der Waals surface area contributed by atoms with E-state index in [9.17, 15) is 34.5 Å². The zero-order chi connectivity index (χ0) is 24.7. The monoisotopic (exact) mass is 482 g/mol. The fraction of sp³-hybridized carbons (Fsp3) is 0.600. The maximum atomic E-state index is 12.3. The topological polar surface area (TPSA) is 198 Å². The quantitative estimate of drug-likeness (QED) is 0.283. The zero-order valence-electron chi connectivity index (χ0n) is 18.4. The van der Waals surface area contributed by atoms with E-state index in [1.165, 1.54) is 30.8 Å². The van der Waals surface area contributed by atoms with E-state index in [0.29, 0.717) is 5.56 Å². The molecule has 2 aromatic heterocycles. The summed E-state index contributed by atoms with van der Waals surface area (Å²) in [5, 5.41) is 30.6. The average Bonchev–Trinajstić information content (AvgIpc) is 3.30. The van der Waals surface area contributed by atoms with Crippen molar-refractivity contribution in [3.63, 3.8) is 0 Å². The van der Waals surface area contributed by atoms with Gasteiger partial charge in [0.25, 0.3) is 11.1 Å². The molecule has 4 heterocycles. The van der Waals surface area contributed by atoms with Crippen LogP contribution < -0.4 is 22.5 Å². The molecule has 34 heavy (non-hydrogen) atoms. The van der Waals surface area contributed by atoms with E-state index < -0.39 is 72.1 Å². The van der Waals surface area contributed by atoms with E-state index in [1.807, 2.05) is 0 Å². The molecule has 0 spiro atoms. The normalized spacial score (nSPS) is 31.3. The van der Waals surface area contributed by atoms with Crippen molar-refractivity contribution < 1.29 is 29.5 Å². The van der Waals surface area contributed by atoms with Crippen molar-refractivity contribution in [2.24, 2.45) is 0 Å². The van der Waals surface area contributed by atoms with Gasteiger partial charge in [-0.05, 0) is 13.8 Å². The van der Waals surface area contributed by atoms with Gasteiger partial charge in [-0.2, -0.15) is 0 Å². The Hall–Kier alpha value is -2.88. The molecule has 2 fully saturated rings. The zero-order valence-corrected chi connectivity index (χ0v) is 18.4. The Morgan fingerprint density at radius 2 is 1.56 bits per heavy atom. The van der Waals surface area contributed by atoms with Gasteiger partial charge in [-0.15, -0.1) is 0 Å². The van der Waals surface area contributed by atoms with Gasteiger partial charge in [-0.3, -0.25) is 28.7 Å². The molecule has 14 nitrogen and oxygen atoms in total. The number of hydrogen-bond donors (Lipinski definition) is 5. The Morgan fingerprint density at radius 3 is 2.18 bits per heavy atom. The number of aliphatic hydroxyl groups is 3. The van der Waals surface area contributed by atoms with Crippen LogP contribution in [0.1, 0.15) is 30.0 Å². The first-order chi connectivity index (χ1) is 16.1. The molecule has 2 saturated heterocycles. The SMILES string of the molecule is Cc1cn([C@@H]2O[C@H](CO)C(O)[C@@H]2OC[C@H]2O[C@@H](n3cc(C)c(=O)[nH]c3=O)CC2O)c(=O)[nH]c1=O. The van der Waals surface area contributed by atoms with Crippen LogP contribution in [-0.2, 0) is 14.2 Å². The third kappa shape index (κ3) is 4.43. The van der Waals surface area contributed by atoms with Crippen molar-refractivity contribution in [2.75, 3.05) is 13.2 Å². The molecule has 0 aliphatic carbocycles. The summed E-state index contributed by atoms with van der Waals surface area (Å²) >= 11 is 0. The highest BCUT2D eigenvalue weighted by Crippen LogP contribution is 2.33. The van der Waals surface area contributed by atoms with Crippen LogP contribution in [0, 0.1) is 13.8 Å². The highest BCUT2D eigenvalue weighted by molar-refractivity contribution is 5.04. The lowest BCUT2D eigenvalue weighted by molar-refractivity contribution is -0.118. The van der Waals surface area contributed by atoms with Crippen LogP contribution in [-0.4, -0.2) is 78.2 Å². The van der Waals surface area contributed by atoms with E-state index >= 15 is 0 Å². The molecule has 5 N–H and O–H groups in total. The van der Waals surface area contributed by atoms with Gasteiger partial charge in [-0.25, -0.2) is 9.59 Å². The number of nitrogens with one attached hydrogen (secondary N) is 2. The largest absolute Gasteiger partial charge is 0.394 e. The Morgan fingerprint density at radius 1 is 0.971 bits per heavy atom. The van der Waals surface area contributed by atoms with Crippen LogP contribution >= 0.6 is 0 Å². The summed E-state index contributed by atoms with van der Waals surface area (Å²) < 4.78 is 19.4. The van der Waals surface area contributed by atoms with Crippen molar-refractivity contribution in [3.05, 3.63) is 65.2 Å². The number of aliphatic hydroxyl groups excluding tert-OH is 3. The second-order valence-electron chi connectivity index (χ2n) is 8.43. The summed E-state index contributed by atoms with van der Waals surface area (Å²) in [6.07, 6.45) is -4.85. The summed E-state index contributed by atoms with van der Waals surface area (Å²) in [7, 11) is 0. The van der Waals surface area contributed by atoms with E-state index in [-0.39, 0.29) is 18.6 Å². The van der Waals surface area contributed by atoms with E-state index in [2.05, 4.69) is 9.97 Å². The minimum absolute atomic E-state index is 0.0460. The lowest BCUT2D eigenvalue weighted by Crippen LogP contribution is -2.41. The summed E-state index contributed by atoms with van der Waals surface area (Å²) in [6.45, 7) is 2.22. The van der Waals surface area contributed by atoms with Crippen molar-refractivity contribution >= 4 is 0 Å². The van der Waals surface area contributed by atoms with Crippen LogP contribution in [0.5, 0.6) is 0 Å². The number of ether oxygens (including phenoxy) is 3. The van der Waals surface area contributed by atoms with E-state index in [4.69, 9.17) is 14.2 Å². The fourth-order valence-corrected chi connectivity index (χ4v) is 4.09. The van der Waals surface area contributed by atoms with Gasteiger partial charge in [0.1, 0.15) is 30.6 Å². The van der Waals surface area contributed by atoms with E-state index in [0.717, 1.165) is 4.57 Å². The second-order valence-corrected chi connectivity index (χ2v) is 8.43. The minimum Gasteiger partial charge on any atom is -0.394 e. The average molecular weight is 482 g/mol. The van der Waals surface area contributed by atoms with Crippen LogP contribution in [0.15, 0.2) is 31.6 Å². The molecule has 2 aromatic rings. The van der Waals surface area contributed by atoms with Gasteiger partial charge in [0.05, 0.1) is 19.3 Å². The molecule has 2 aliphatic heterocycles. The van der Waals surface area contributed by atoms with Crippen molar-refractivity contribution in [3.8, 4) is 0 Å². The molecule has 2 unspecified atom stereocenters. The maximum absolute atomic E-state index is 12.3. The molecule has 0 amide bonds. The Balaban J connectivity index is 1.52. The molecule has 0 saturated carbocycles. The highest BCUT2D eigenvalue weighted by atomic mass is 16.6. The molecule has 4 rings (SSSR count). The predicted octanol–water partition coefficient (Wildman–Crippen LogP) is -3.01. The third-order valence-corrected chi connectivity index (χ3v) is 6.03. The minimum atomic E-state index is -1.33. The summed E-state index contributed by atoms with van der Waals surface area (Å²) in [5.74, 6) is 0. The van der Waals surface area contributed by atoms with Crippen molar-refractivity contribution in [1.82, 2.24) is 19.1 Å². The lowest BCUT2D eigenvalue weighted by Gasteiger charge is -2.25. The van der Waals surface area contributed by atoms with Gasteiger partial charge < -0.3 is 29.5 Å². The Bertz CT molecular complexity index is 1280. The molecule has 0 bridgehead atoms. The van der Waals surface area contributed by atoms with Gasteiger partial charge in [0, 0.05) is 29.9 Å². The number of hydrogen-bond acceptors (Lipinski definition) is 10. The first kappa shape index (κ1) is 24.3. The molecule has 14 heteroatoms. The van der Waals surface area contributed by atoms with Gasteiger partial charge >= 0.3 is 11.4 Å². The molecule has 7 atom stereocenters. The first-order valence-corrected chi connectivity index (χ1v) is 10.6. The first-order valence-electron chi connectivity index (χ1n) is 10.6. The Kier molecular flexibility index (Phi) is 6.71. The Labute approximate surface area is 191 Å². The van der Waals surface area contributed by atoms with Crippen LogP contribution in [0.25, 0.3) is 0 Å². The van der Waals surface area contributed by atoms with Crippen LogP contribution in [0.4, 0.5) is 0 Å². The molecule has 186 valence electrons. The summed E-state index contributed by atoms with van der Waals surface area (Å²) in [4.78, 5) is 52.1. The van der Waals surface area contributed by atoms with E-state index in [1.54, 1.807) is 0 Å². The third-order valence-electron chi connectivity index (χ3n) is 6.03. The number of nitrogens with zero attached hydrogens (tertiary/aromatic N) is 2. The molecular formula is C20H26N4O10. The van der Waals surface area contributed by atoms with Gasteiger partial charge in [-0.1, -0.05) is 0 Å². The molecule has 0 radical (unpaired) electrons. The fourth-order valence-electron chi connectivity index (χ4n) is 4.09. The number of rotatable bonds is 6. The van der Waals surface area contributed by atoms with Crippen LogP contribution in [0.3, 0.4) is 0 Å². The van der Waals surface area contributed by atoms with Gasteiger partial charge in [0.2, 0.25) is 0 Å². The number of aryl methyl sites for hydroxylation is 2.